The SMILES string of the molecule is CCc1ccc(OCC(=O)O[C@H](C)c2nnc(-c3ccc([N+](=O)[O-])cc3)o2)cc1. The number of carbonyl (C=O) groups excluding carboxylic acids is 1. The number of rotatable bonds is 8. The minimum Gasteiger partial charge on any atom is -0.482 e. The third-order valence-electron chi connectivity index (χ3n) is 4.11. The van der Waals surface area contributed by atoms with Crippen molar-refractivity contribution < 1.29 is 23.6 Å². The van der Waals surface area contributed by atoms with Crippen molar-refractivity contribution in [2.45, 2.75) is 26.4 Å². The Balaban J connectivity index is 1.55. The van der Waals surface area contributed by atoms with Crippen LogP contribution in [0.3, 0.4) is 0 Å². The van der Waals surface area contributed by atoms with Crippen molar-refractivity contribution in [3.05, 3.63) is 70.1 Å². The molecule has 29 heavy (non-hydrogen) atoms. The van der Waals surface area contributed by atoms with Gasteiger partial charge in [0.2, 0.25) is 5.89 Å². The van der Waals surface area contributed by atoms with Gasteiger partial charge in [0.05, 0.1) is 4.92 Å². The minimum absolute atomic E-state index is 0.0416. The summed E-state index contributed by atoms with van der Waals surface area (Å²) in [5.41, 5.74) is 1.65. The summed E-state index contributed by atoms with van der Waals surface area (Å²) in [6, 6.07) is 13.1. The second-order valence-electron chi connectivity index (χ2n) is 6.17. The van der Waals surface area contributed by atoms with E-state index in [0.29, 0.717) is 11.3 Å². The Labute approximate surface area is 166 Å². The largest absolute Gasteiger partial charge is 0.482 e. The molecule has 0 bridgehead atoms. The van der Waals surface area contributed by atoms with Crippen LogP contribution in [0.1, 0.15) is 31.4 Å². The zero-order valence-electron chi connectivity index (χ0n) is 15.9. The maximum Gasteiger partial charge on any atom is 0.344 e. The Hall–Kier alpha value is -3.75. The van der Waals surface area contributed by atoms with Crippen molar-refractivity contribution in [3.8, 4) is 17.2 Å². The van der Waals surface area contributed by atoms with Gasteiger partial charge in [0, 0.05) is 17.7 Å². The van der Waals surface area contributed by atoms with Gasteiger partial charge in [-0.05, 0) is 43.2 Å². The number of non-ortho nitro benzene ring substituents is 1. The summed E-state index contributed by atoms with van der Waals surface area (Å²) in [6.45, 7) is 3.40. The number of benzene rings is 2. The quantitative estimate of drug-likeness (QED) is 0.319. The molecule has 150 valence electrons. The van der Waals surface area contributed by atoms with E-state index in [0.717, 1.165) is 6.42 Å². The highest BCUT2D eigenvalue weighted by Crippen LogP contribution is 2.24. The third-order valence-corrected chi connectivity index (χ3v) is 4.11. The molecule has 0 aliphatic carbocycles. The molecule has 1 aromatic heterocycles. The zero-order valence-corrected chi connectivity index (χ0v) is 15.9. The van der Waals surface area contributed by atoms with Crippen LogP contribution in [0, 0.1) is 10.1 Å². The topological polar surface area (TPSA) is 118 Å². The average molecular weight is 397 g/mol. The summed E-state index contributed by atoms with van der Waals surface area (Å²) in [7, 11) is 0. The molecule has 9 heteroatoms. The first-order valence-electron chi connectivity index (χ1n) is 8.95. The van der Waals surface area contributed by atoms with Gasteiger partial charge in [-0.2, -0.15) is 0 Å². The van der Waals surface area contributed by atoms with E-state index >= 15 is 0 Å². The van der Waals surface area contributed by atoms with Gasteiger partial charge in [0.25, 0.3) is 11.6 Å². The maximum absolute atomic E-state index is 12.0. The van der Waals surface area contributed by atoms with Crippen molar-refractivity contribution >= 4 is 11.7 Å². The highest BCUT2D eigenvalue weighted by atomic mass is 16.6. The lowest BCUT2D eigenvalue weighted by Crippen LogP contribution is -2.17. The number of nitrogens with zero attached hydrogens (tertiary/aromatic N) is 3. The van der Waals surface area contributed by atoms with E-state index in [2.05, 4.69) is 17.1 Å². The van der Waals surface area contributed by atoms with Crippen molar-refractivity contribution in [1.82, 2.24) is 10.2 Å². The van der Waals surface area contributed by atoms with Crippen LogP contribution >= 0.6 is 0 Å². The smallest absolute Gasteiger partial charge is 0.344 e. The van der Waals surface area contributed by atoms with E-state index in [9.17, 15) is 14.9 Å². The lowest BCUT2D eigenvalue weighted by molar-refractivity contribution is -0.384. The molecular formula is C20H19N3O6. The number of esters is 1. The molecule has 0 unspecified atom stereocenters. The van der Waals surface area contributed by atoms with E-state index in [1.165, 1.54) is 29.8 Å². The molecule has 1 heterocycles. The molecule has 0 radical (unpaired) electrons. The van der Waals surface area contributed by atoms with Crippen LogP contribution in [-0.2, 0) is 16.0 Å². The molecule has 1 atom stereocenters. The van der Waals surface area contributed by atoms with Gasteiger partial charge < -0.3 is 13.9 Å². The van der Waals surface area contributed by atoms with E-state index in [-0.39, 0.29) is 24.1 Å². The lowest BCUT2D eigenvalue weighted by atomic mass is 10.2. The molecule has 2 aromatic carbocycles. The van der Waals surface area contributed by atoms with Crippen molar-refractivity contribution in [3.63, 3.8) is 0 Å². The summed E-state index contributed by atoms with van der Waals surface area (Å²) in [6.07, 6.45) is 0.152. The predicted octanol–water partition coefficient (Wildman–Crippen LogP) is 3.89. The fraction of sp³-hybridized carbons (Fsp3) is 0.250. The first-order valence-corrected chi connectivity index (χ1v) is 8.95. The lowest BCUT2D eigenvalue weighted by Gasteiger charge is -2.10. The molecule has 3 aromatic rings. The standard InChI is InChI=1S/C20H19N3O6/c1-3-14-4-10-17(11-5-14)27-12-18(24)28-13(2)19-21-22-20(29-19)15-6-8-16(9-7-15)23(25)26/h4-11,13H,3,12H2,1-2H3/t13-/m1/s1. The van der Waals surface area contributed by atoms with Crippen LogP contribution in [0.5, 0.6) is 5.75 Å². The van der Waals surface area contributed by atoms with Crippen molar-refractivity contribution in [1.29, 1.82) is 0 Å². The molecule has 9 nitrogen and oxygen atoms in total. The van der Waals surface area contributed by atoms with Crippen molar-refractivity contribution in [2.24, 2.45) is 0 Å². The summed E-state index contributed by atoms with van der Waals surface area (Å²) < 4.78 is 16.2. The number of nitro benzene ring substituents is 1. The van der Waals surface area contributed by atoms with Gasteiger partial charge in [-0.1, -0.05) is 19.1 Å². The second kappa shape index (κ2) is 8.96. The average Bonchev–Trinajstić information content (AvgIpc) is 3.23. The van der Waals surface area contributed by atoms with E-state index in [4.69, 9.17) is 13.9 Å². The fourth-order valence-electron chi connectivity index (χ4n) is 2.49. The molecule has 0 aliphatic rings. The summed E-state index contributed by atoms with van der Waals surface area (Å²) in [4.78, 5) is 22.2. The van der Waals surface area contributed by atoms with Crippen LogP contribution in [0.4, 0.5) is 5.69 Å². The number of aromatic nitrogens is 2. The minimum atomic E-state index is -0.770. The second-order valence-corrected chi connectivity index (χ2v) is 6.17. The molecule has 3 rings (SSSR count). The van der Waals surface area contributed by atoms with Gasteiger partial charge in [0.15, 0.2) is 12.7 Å². The first kappa shape index (κ1) is 20.0. The predicted molar refractivity (Wildman–Crippen MR) is 102 cm³/mol. The first-order chi connectivity index (χ1) is 14.0. The molecule has 0 saturated carbocycles. The molecule has 0 saturated heterocycles. The zero-order chi connectivity index (χ0) is 20.8. The van der Waals surface area contributed by atoms with E-state index < -0.39 is 17.0 Å². The maximum atomic E-state index is 12.0. The van der Waals surface area contributed by atoms with Gasteiger partial charge in [0.1, 0.15) is 5.75 Å². The number of ether oxygens (including phenoxy) is 2. The normalized spacial score (nSPS) is 11.7. The van der Waals surface area contributed by atoms with Gasteiger partial charge in [-0.25, -0.2) is 4.79 Å². The van der Waals surface area contributed by atoms with Gasteiger partial charge in [-0.3, -0.25) is 10.1 Å². The van der Waals surface area contributed by atoms with Crippen LogP contribution in [0.25, 0.3) is 11.5 Å². The Morgan fingerprint density at radius 3 is 2.45 bits per heavy atom. The summed E-state index contributed by atoms with van der Waals surface area (Å²) in [5, 5.41) is 18.5. The number of aryl methyl sites for hydroxylation is 1. The van der Waals surface area contributed by atoms with E-state index in [1.54, 1.807) is 19.1 Å². The summed E-state index contributed by atoms with van der Waals surface area (Å²) >= 11 is 0. The van der Waals surface area contributed by atoms with Crippen LogP contribution in [0.15, 0.2) is 52.9 Å². The molecule has 0 amide bonds. The highest BCUT2D eigenvalue weighted by molar-refractivity contribution is 5.71. The number of carbonyl (C=O) groups is 1. The molecule has 0 N–H and O–H groups in total. The number of hydrogen-bond acceptors (Lipinski definition) is 8. The number of hydrogen-bond donors (Lipinski definition) is 0. The fourth-order valence-corrected chi connectivity index (χ4v) is 2.49. The van der Waals surface area contributed by atoms with Crippen LogP contribution in [-0.4, -0.2) is 27.7 Å². The molecule has 0 fully saturated rings. The van der Waals surface area contributed by atoms with Crippen molar-refractivity contribution in [2.75, 3.05) is 6.61 Å². The third kappa shape index (κ3) is 5.16. The molecular weight excluding hydrogens is 378 g/mol. The monoisotopic (exact) mass is 397 g/mol. The van der Waals surface area contributed by atoms with Crippen LogP contribution < -0.4 is 4.74 Å². The van der Waals surface area contributed by atoms with E-state index in [1.807, 2.05) is 12.1 Å². The van der Waals surface area contributed by atoms with Crippen LogP contribution in [0.2, 0.25) is 0 Å². The van der Waals surface area contributed by atoms with Gasteiger partial charge >= 0.3 is 5.97 Å². The Morgan fingerprint density at radius 2 is 1.83 bits per heavy atom. The molecule has 0 spiro atoms. The Morgan fingerprint density at radius 1 is 1.14 bits per heavy atom. The Bertz CT molecular complexity index is 982. The number of nitro groups is 1. The van der Waals surface area contributed by atoms with Gasteiger partial charge in [-0.15, -0.1) is 10.2 Å². The molecule has 0 aliphatic heterocycles. The Kier molecular flexibility index (Phi) is 6.18. The summed E-state index contributed by atoms with van der Waals surface area (Å²) in [5.74, 6) is 0.279. The highest BCUT2D eigenvalue weighted by Gasteiger charge is 2.19.